The number of hydrogen-bond acceptors (Lipinski definition) is 4. The molecule has 1 fully saturated rings. The van der Waals surface area contributed by atoms with Gasteiger partial charge in [-0.2, -0.15) is 0 Å². The third-order valence-electron chi connectivity index (χ3n) is 3.33. The summed E-state index contributed by atoms with van der Waals surface area (Å²) in [4.78, 5) is 24.8. The number of carbonyl (C=O) groups excluding carboxylic acids is 2. The van der Waals surface area contributed by atoms with Crippen LogP contribution in [0.4, 0.5) is 4.79 Å². The lowest BCUT2D eigenvalue weighted by Crippen LogP contribution is -2.47. The Hall–Kier alpha value is -0.850. The molecule has 0 bridgehead atoms. The number of piperidine rings is 1. The third kappa shape index (κ3) is 6.75. The van der Waals surface area contributed by atoms with E-state index in [9.17, 15) is 9.59 Å². The number of nitrogens with one attached hydrogen (secondary N) is 2. The lowest BCUT2D eigenvalue weighted by molar-refractivity contribution is -0.121. The molecule has 6 nitrogen and oxygen atoms in total. The van der Waals surface area contributed by atoms with Crippen molar-refractivity contribution >= 4 is 24.3 Å². The molecule has 0 aromatic carbocycles. The van der Waals surface area contributed by atoms with E-state index in [0.29, 0.717) is 12.5 Å². The predicted octanol–water partition coefficient (Wildman–Crippen LogP) is 0.313. The highest BCUT2D eigenvalue weighted by atomic mass is 35.5. The Morgan fingerprint density at radius 1 is 1.37 bits per heavy atom. The summed E-state index contributed by atoms with van der Waals surface area (Å²) in [6.45, 7) is 6.37. The summed E-state index contributed by atoms with van der Waals surface area (Å²) in [6, 6.07) is -0.204. The van der Waals surface area contributed by atoms with Crippen LogP contribution in [0.1, 0.15) is 26.7 Å². The van der Waals surface area contributed by atoms with E-state index in [1.165, 1.54) is 0 Å². The van der Waals surface area contributed by atoms with Gasteiger partial charge in [0, 0.05) is 12.6 Å². The molecule has 1 aliphatic heterocycles. The first kappa shape index (κ1) is 18.1. The standard InChI is InChI=1S/C12H24N4O2.ClH/c1-3-14-12(18)15-11(17)8-16-6-4-10(5-7-16)9(2)13;/h9-10H,3-8,13H2,1-2H3,(H2,14,15,17,18);1H. The van der Waals surface area contributed by atoms with E-state index in [2.05, 4.69) is 15.5 Å². The highest BCUT2D eigenvalue weighted by molar-refractivity contribution is 5.95. The van der Waals surface area contributed by atoms with Crippen molar-refractivity contribution < 1.29 is 9.59 Å². The summed E-state index contributed by atoms with van der Waals surface area (Å²) in [5.74, 6) is 0.299. The Bertz CT molecular complexity index is 291. The summed E-state index contributed by atoms with van der Waals surface area (Å²) in [5, 5.41) is 4.84. The molecule has 1 rings (SSSR count). The fourth-order valence-electron chi connectivity index (χ4n) is 2.21. The average molecular weight is 293 g/mol. The number of amides is 3. The maximum absolute atomic E-state index is 11.6. The molecule has 1 heterocycles. The van der Waals surface area contributed by atoms with E-state index < -0.39 is 6.03 Å². The van der Waals surface area contributed by atoms with Gasteiger partial charge in [-0.25, -0.2) is 4.79 Å². The van der Waals surface area contributed by atoms with Crippen LogP contribution in [0, 0.1) is 5.92 Å². The van der Waals surface area contributed by atoms with Crippen molar-refractivity contribution in [2.45, 2.75) is 32.7 Å². The molecule has 1 aliphatic rings. The van der Waals surface area contributed by atoms with Gasteiger partial charge in [-0.3, -0.25) is 15.0 Å². The zero-order chi connectivity index (χ0) is 13.5. The van der Waals surface area contributed by atoms with E-state index in [0.717, 1.165) is 25.9 Å². The van der Waals surface area contributed by atoms with Crippen molar-refractivity contribution in [1.82, 2.24) is 15.5 Å². The second kappa shape index (κ2) is 9.12. The molecule has 0 radical (unpaired) electrons. The normalized spacial score (nSPS) is 18.3. The van der Waals surface area contributed by atoms with Gasteiger partial charge in [-0.15, -0.1) is 12.4 Å². The van der Waals surface area contributed by atoms with E-state index >= 15 is 0 Å². The van der Waals surface area contributed by atoms with E-state index in [-0.39, 0.29) is 30.9 Å². The van der Waals surface area contributed by atoms with Gasteiger partial charge in [0.2, 0.25) is 5.91 Å². The third-order valence-corrected chi connectivity index (χ3v) is 3.33. The minimum atomic E-state index is -0.423. The maximum atomic E-state index is 11.6. The minimum Gasteiger partial charge on any atom is -0.338 e. The van der Waals surface area contributed by atoms with Crippen molar-refractivity contribution in [3.63, 3.8) is 0 Å². The molecule has 1 saturated heterocycles. The number of carbonyl (C=O) groups is 2. The van der Waals surface area contributed by atoms with Gasteiger partial charge in [0.25, 0.3) is 0 Å². The molecule has 3 amide bonds. The number of nitrogens with two attached hydrogens (primary N) is 1. The smallest absolute Gasteiger partial charge is 0.321 e. The Balaban J connectivity index is 0.00000324. The van der Waals surface area contributed by atoms with Crippen molar-refractivity contribution in [2.75, 3.05) is 26.2 Å². The highest BCUT2D eigenvalue weighted by Crippen LogP contribution is 2.18. The van der Waals surface area contributed by atoms with Crippen molar-refractivity contribution in [1.29, 1.82) is 0 Å². The molecule has 1 unspecified atom stereocenters. The largest absolute Gasteiger partial charge is 0.338 e. The van der Waals surface area contributed by atoms with Gasteiger partial charge in [-0.1, -0.05) is 0 Å². The Kier molecular flexibility index (Phi) is 8.71. The van der Waals surface area contributed by atoms with Crippen LogP contribution in [0.15, 0.2) is 0 Å². The number of nitrogens with zero attached hydrogens (tertiary/aromatic N) is 1. The number of imide groups is 1. The first-order valence-corrected chi connectivity index (χ1v) is 6.58. The summed E-state index contributed by atoms with van der Waals surface area (Å²) >= 11 is 0. The van der Waals surface area contributed by atoms with Gasteiger partial charge in [0.05, 0.1) is 6.54 Å². The number of likely N-dealkylation sites (tertiary alicyclic amines) is 1. The lowest BCUT2D eigenvalue weighted by Gasteiger charge is -2.33. The SMILES string of the molecule is CCNC(=O)NC(=O)CN1CCC(C(C)N)CC1.Cl. The van der Waals surface area contributed by atoms with Crippen LogP contribution in [-0.2, 0) is 4.79 Å². The molecule has 19 heavy (non-hydrogen) atoms. The Morgan fingerprint density at radius 3 is 2.42 bits per heavy atom. The molecule has 0 spiro atoms. The molecule has 1 atom stereocenters. The molecule has 0 saturated carbocycles. The van der Waals surface area contributed by atoms with Gasteiger partial charge in [-0.05, 0) is 45.7 Å². The fourth-order valence-corrected chi connectivity index (χ4v) is 2.21. The molecule has 4 N–H and O–H groups in total. The fraction of sp³-hybridized carbons (Fsp3) is 0.833. The van der Waals surface area contributed by atoms with Crippen LogP contribution in [0.3, 0.4) is 0 Å². The molecule has 0 aromatic heterocycles. The molecule has 112 valence electrons. The van der Waals surface area contributed by atoms with Gasteiger partial charge >= 0.3 is 6.03 Å². The van der Waals surface area contributed by atoms with Crippen LogP contribution in [0.5, 0.6) is 0 Å². The van der Waals surface area contributed by atoms with Crippen LogP contribution in [0.2, 0.25) is 0 Å². The van der Waals surface area contributed by atoms with Gasteiger partial charge in [0.15, 0.2) is 0 Å². The second-order valence-corrected chi connectivity index (χ2v) is 4.88. The van der Waals surface area contributed by atoms with Crippen molar-refractivity contribution in [3.8, 4) is 0 Å². The number of urea groups is 1. The molecular formula is C12H25ClN4O2. The van der Waals surface area contributed by atoms with Gasteiger partial charge < -0.3 is 11.1 Å². The second-order valence-electron chi connectivity index (χ2n) is 4.88. The molecule has 0 aromatic rings. The molecule has 0 aliphatic carbocycles. The monoisotopic (exact) mass is 292 g/mol. The van der Waals surface area contributed by atoms with E-state index in [1.54, 1.807) is 0 Å². The van der Waals surface area contributed by atoms with Crippen molar-refractivity contribution in [2.24, 2.45) is 11.7 Å². The average Bonchev–Trinajstić information content (AvgIpc) is 2.29. The van der Waals surface area contributed by atoms with Crippen LogP contribution >= 0.6 is 12.4 Å². The van der Waals surface area contributed by atoms with Crippen LogP contribution in [-0.4, -0.2) is 49.1 Å². The predicted molar refractivity (Wildman–Crippen MR) is 77.3 cm³/mol. The van der Waals surface area contributed by atoms with Crippen molar-refractivity contribution in [3.05, 3.63) is 0 Å². The first-order valence-electron chi connectivity index (χ1n) is 6.58. The van der Waals surface area contributed by atoms with Crippen LogP contribution in [0.25, 0.3) is 0 Å². The topological polar surface area (TPSA) is 87.5 Å². The Labute approximate surface area is 120 Å². The van der Waals surface area contributed by atoms with Crippen LogP contribution < -0.4 is 16.4 Å². The summed E-state index contributed by atoms with van der Waals surface area (Å²) in [5.41, 5.74) is 5.86. The highest BCUT2D eigenvalue weighted by Gasteiger charge is 2.23. The zero-order valence-corrected chi connectivity index (χ0v) is 12.5. The van der Waals surface area contributed by atoms with E-state index in [1.807, 2.05) is 13.8 Å². The zero-order valence-electron chi connectivity index (χ0n) is 11.6. The summed E-state index contributed by atoms with van der Waals surface area (Å²) in [6.07, 6.45) is 2.04. The number of rotatable bonds is 4. The maximum Gasteiger partial charge on any atom is 0.321 e. The molecule has 7 heteroatoms. The molecular weight excluding hydrogens is 268 g/mol. The quantitative estimate of drug-likeness (QED) is 0.696. The Morgan fingerprint density at radius 2 is 1.95 bits per heavy atom. The van der Waals surface area contributed by atoms with Gasteiger partial charge in [0.1, 0.15) is 0 Å². The first-order chi connectivity index (χ1) is 8.52. The number of hydrogen-bond donors (Lipinski definition) is 3. The summed E-state index contributed by atoms with van der Waals surface area (Å²) < 4.78 is 0. The lowest BCUT2D eigenvalue weighted by atomic mass is 9.91. The number of halogens is 1. The summed E-state index contributed by atoms with van der Waals surface area (Å²) in [7, 11) is 0. The minimum absolute atomic E-state index is 0. The van der Waals surface area contributed by atoms with E-state index in [4.69, 9.17) is 5.73 Å².